The maximum absolute atomic E-state index is 13.3. The van der Waals surface area contributed by atoms with Crippen LogP contribution in [0.5, 0.6) is 0 Å². The highest BCUT2D eigenvalue weighted by Crippen LogP contribution is 2.26. The molecule has 36 heavy (non-hydrogen) atoms. The molecule has 1 aliphatic rings. The van der Waals surface area contributed by atoms with Crippen molar-refractivity contribution in [3.8, 4) is 0 Å². The SMILES string of the molecule is CN1CCCN(c2ccc(NC(=O)C(NC(=O)Nc3ccc(Cl)cc3)c3ccccc3Cl)cc2)CC1. The molecule has 3 aromatic carbocycles. The molecular weight excluding hydrogens is 497 g/mol. The molecule has 3 amide bonds. The van der Waals surface area contributed by atoms with Gasteiger partial charge in [-0.2, -0.15) is 0 Å². The number of nitrogens with zero attached hydrogens (tertiary/aromatic N) is 2. The molecular formula is C27H29Cl2N5O2. The van der Waals surface area contributed by atoms with Gasteiger partial charge >= 0.3 is 6.03 Å². The molecule has 4 rings (SSSR count). The van der Waals surface area contributed by atoms with Gasteiger partial charge in [0.1, 0.15) is 6.04 Å². The van der Waals surface area contributed by atoms with Crippen LogP contribution in [0.2, 0.25) is 10.0 Å². The number of anilines is 3. The Balaban J connectivity index is 1.46. The Bertz CT molecular complexity index is 1190. The van der Waals surface area contributed by atoms with E-state index < -0.39 is 18.0 Å². The van der Waals surface area contributed by atoms with Gasteiger partial charge in [-0.3, -0.25) is 4.79 Å². The molecule has 188 valence electrons. The number of carbonyl (C=O) groups is 2. The zero-order valence-electron chi connectivity index (χ0n) is 20.0. The molecule has 0 aromatic heterocycles. The van der Waals surface area contributed by atoms with Gasteiger partial charge in [-0.25, -0.2) is 4.79 Å². The van der Waals surface area contributed by atoms with Crippen molar-refractivity contribution in [1.82, 2.24) is 10.2 Å². The number of carbonyl (C=O) groups excluding carboxylic acids is 2. The maximum Gasteiger partial charge on any atom is 0.320 e. The summed E-state index contributed by atoms with van der Waals surface area (Å²) in [6.07, 6.45) is 1.11. The normalized spacial score (nSPS) is 15.0. The summed E-state index contributed by atoms with van der Waals surface area (Å²) in [4.78, 5) is 30.7. The minimum absolute atomic E-state index is 0.380. The van der Waals surface area contributed by atoms with Crippen LogP contribution in [0.3, 0.4) is 0 Å². The zero-order valence-corrected chi connectivity index (χ0v) is 21.5. The molecule has 1 unspecified atom stereocenters. The largest absolute Gasteiger partial charge is 0.370 e. The summed E-state index contributed by atoms with van der Waals surface area (Å²) in [6, 6.07) is 19.8. The molecule has 3 aromatic rings. The number of amides is 3. The zero-order chi connectivity index (χ0) is 25.5. The van der Waals surface area contributed by atoms with E-state index in [0.29, 0.717) is 27.0 Å². The fourth-order valence-electron chi connectivity index (χ4n) is 4.10. The lowest BCUT2D eigenvalue weighted by molar-refractivity contribution is -0.118. The maximum atomic E-state index is 13.3. The average molecular weight is 526 g/mol. The van der Waals surface area contributed by atoms with Crippen LogP contribution in [-0.4, -0.2) is 50.1 Å². The van der Waals surface area contributed by atoms with Crippen LogP contribution in [0.4, 0.5) is 21.9 Å². The van der Waals surface area contributed by atoms with Crippen LogP contribution in [0.15, 0.2) is 72.8 Å². The molecule has 1 fully saturated rings. The molecule has 0 spiro atoms. The first kappa shape index (κ1) is 25.8. The lowest BCUT2D eigenvalue weighted by Crippen LogP contribution is -2.39. The molecule has 7 nitrogen and oxygen atoms in total. The molecule has 1 atom stereocenters. The van der Waals surface area contributed by atoms with Crippen molar-refractivity contribution in [2.45, 2.75) is 12.5 Å². The number of nitrogens with one attached hydrogen (secondary N) is 3. The molecule has 0 bridgehead atoms. The number of rotatable bonds is 6. The fraction of sp³-hybridized carbons (Fsp3) is 0.259. The second kappa shape index (κ2) is 12.1. The van der Waals surface area contributed by atoms with Gasteiger partial charge in [0.2, 0.25) is 0 Å². The number of halogens is 2. The summed E-state index contributed by atoms with van der Waals surface area (Å²) in [6.45, 7) is 4.06. The molecule has 3 N–H and O–H groups in total. The van der Waals surface area contributed by atoms with Crippen molar-refractivity contribution >= 4 is 52.2 Å². The van der Waals surface area contributed by atoms with Gasteiger partial charge in [0.25, 0.3) is 5.91 Å². The predicted molar refractivity (Wildman–Crippen MR) is 147 cm³/mol. The van der Waals surface area contributed by atoms with Crippen LogP contribution in [0, 0.1) is 0 Å². The summed E-state index contributed by atoms with van der Waals surface area (Å²) in [5.41, 5.74) is 2.79. The van der Waals surface area contributed by atoms with Crippen molar-refractivity contribution in [1.29, 1.82) is 0 Å². The lowest BCUT2D eigenvalue weighted by Gasteiger charge is -2.23. The average Bonchev–Trinajstić information content (AvgIpc) is 3.09. The monoisotopic (exact) mass is 525 g/mol. The minimum Gasteiger partial charge on any atom is -0.370 e. The topological polar surface area (TPSA) is 76.7 Å². The molecule has 1 heterocycles. The van der Waals surface area contributed by atoms with Crippen LogP contribution in [0.1, 0.15) is 18.0 Å². The first-order valence-electron chi connectivity index (χ1n) is 11.8. The molecule has 0 saturated carbocycles. The van der Waals surface area contributed by atoms with E-state index in [0.717, 1.165) is 38.3 Å². The van der Waals surface area contributed by atoms with E-state index in [2.05, 4.69) is 32.8 Å². The summed E-state index contributed by atoms with van der Waals surface area (Å²) < 4.78 is 0. The van der Waals surface area contributed by atoms with Gasteiger partial charge in [0, 0.05) is 52.3 Å². The van der Waals surface area contributed by atoms with E-state index in [-0.39, 0.29) is 0 Å². The van der Waals surface area contributed by atoms with E-state index >= 15 is 0 Å². The van der Waals surface area contributed by atoms with Crippen LogP contribution in [0.25, 0.3) is 0 Å². The number of hydrogen-bond acceptors (Lipinski definition) is 4. The van der Waals surface area contributed by atoms with Crippen molar-refractivity contribution in [2.75, 3.05) is 48.8 Å². The number of likely N-dealkylation sites (N-methyl/N-ethyl adjacent to an activating group) is 1. The standard InChI is InChI=1S/C27H29Cl2N5O2/c1-33-15-4-16-34(18-17-33)22-13-11-20(12-14-22)30-26(35)25(23-5-2-3-6-24(23)29)32-27(36)31-21-9-7-19(28)8-10-21/h2-3,5-14,25H,4,15-18H2,1H3,(H,30,35)(H2,31,32,36). The van der Waals surface area contributed by atoms with Gasteiger partial charge < -0.3 is 25.8 Å². The second-order valence-electron chi connectivity index (χ2n) is 8.74. The van der Waals surface area contributed by atoms with E-state index in [9.17, 15) is 9.59 Å². The van der Waals surface area contributed by atoms with E-state index in [1.807, 2.05) is 24.3 Å². The van der Waals surface area contributed by atoms with Crippen LogP contribution < -0.4 is 20.9 Å². The third kappa shape index (κ3) is 6.91. The third-order valence-electron chi connectivity index (χ3n) is 6.08. The summed E-state index contributed by atoms with van der Waals surface area (Å²) in [5, 5.41) is 9.31. The van der Waals surface area contributed by atoms with E-state index in [1.54, 1.807) is 48.5 Å². The predicted octanol–water partition coefficient (Wildman–Crippen LogP) is 5.64. The summed E-state index contributed by atoms with van der Waals surface area (Å²) in [5.74, 6) is -0.404. The van der Waals surface area contributed by atoms with E-state index in [1.165, 1.54) is 0 Å². The Hall–Kier alpha value is -3.26. The molecule has 1 aliphatic heterocycles. The highest BCUT2D eigenvalue weighted by molar-refractivity contribution is 6.31. The molecule has 0 aliphatic carbocycles. The smallest absolute Gasteiger partial charge is 0.320 e. The fourth-order valence-corrected chi connectivity index (χ4v) is 4.47. The first-order chi connectivity index (χ1) is 17.4. The van der Waals surface area contributed by atoms with Gasteiger partial charge in [0.15, 0.2) is 0 Å². The number of urea groups is 1. The van der Waals surface area contributed by atoms with Crippen LogP contribution >= 0.6 is 23.2 Å². The van der Waals surface area contributed by atoms with Gasteiger partial charge in [0.05, 0.1) is 0 Å². The van der Waals surface area contributed by atoms with Crippen molar-refractivity contribution in [3.05, 3.63) is 88.4 Å². The summed E-state index contributed by atoms with van der Waals surface area (Å²) in [7, 11) is 2.14. The van der Waals surface area contributed by atoms with Crippen molar-refractivity contribution in [3.63, 3.8) is 0 Å². The first-order valence-corrected chi connectivity index (χ1v) is 12.6. The Labute approximate surface area is 221 Å². The highest BCUT2D eigenvalue weighted by atomic mass is 35.5. The highest BCUT2D eigenvalue weighted by Gasteiger charge is 2.25. The Morgan fingerprint density at radius 1 is 0.806 bits per heavy atom. The van der Waals surface area contributed by atoms with Crippen LogP contribution in [-0.2, 0) is 4.79 Å². The second-order valence-corrected chi connectivity index (χ2v) is 9.58. The van der Waals surface area contributed by atoms with Crippen molar-refractivity contribution < 1.29 is 9.59 Å². The number of benzene rings is 3. The molecule has 0 radical (unpaired) electrons. The minimum atomic E-state index is -1.01. The molecule has 9 heteroatoms. The Kier molecular flexibility index (Phi) is 8.70. The lowest BCUT2D eigenvalue weighted by atomic mass is 10.1. The summed E-state index contributed by atoms with van der Waals surface area (Å²) >= 11 is 12.3. The quantitative estimate of drug-likeness (QED) is 0.389. The number of hydrogen-bond donors (Lipinski definition) is 3. The van der Waals surface area contributed by atoms with Gasteiger partial charge in [-0.05, 0) is 74.6 Å². The third-order valence-corrected chi connectivity index (χ3v) is 6.67. The van der Waals surface area contributed by atoms with E-state index in [4.69, 9.17) is 23.2 Å². The Morgan fingerprint density at radius 2 is 1.47 bits per heavy atom. The van der Waals surface area contributed by atoms with Gasteiger partial charge in [-0.15, -0.1) is 0 Å². The Morgan fingerprint density at radius 3 is 2.19 bits per heavy atom. The van der Waals surface area contributed by atoms with Gasteiger partial charge in [-0.1, -0.05) is 41.4 Å². The van der Waals surface area contributed by atoms with Crippen molar-refractivity contribution in [2.24, 2.45) is 0 Å². The molecule has 1 saturated heterocycles.